The van der Waals surface area contributed by atoms with Gasteiger partial charge in [-0.15, -0.1) is 0 Å². The van der Waals surface area contributed by atoms with Gasteiger partial charge >= 0.3 is 0 Å². The number of hydrogen-bond donors (Lipinski definition) is 1. The van der Waals surface area contributed by atoms with Gasteiger partial charge in [0.2, 0.25) is 5.91 Å². The van der Waals surface area contributed by atoms with Crippen molar-refractivity contribution in [2.75, 3.05) is 26.0 Å². The minimum atomic E-state index is -0.386. The maximum atomic E-state index is 12.8. The maximum Gasteiger partial charge on any atom is 0.255 e. The van der Waals surface area contributed by atoms with E-state index in [2.05, 4.69) is 21.2 Å². The summed E-state index contributed by atoms with van der Waals surface area (Å²) < 4.78 is 18.6. The van der Waals surface area contributed by atoms with Crippen molar-refractivity contribution in [3.05, 3.63) is 58.3 Å². The van der Waals surface area contributed by atoms with Gasteiger partial charge in [0.15, 0.2) is 0 Å². The van der Waals surface area contributed by atoms with Crippen LogP contribution in [-0.4, -0.2) is 37.4 Å². The molecule has 0 aromatic heterocycles. The lowest BCUT2D eigenvalue weighted by molar-refractivity contribution is -0.116. The van der Waals surface area contributed by atoms with Crippen LogP contribution < -0.4 is 10.1 Å². The van der Waals surface area contributed by atoms with Crippen LogP contribution in [0.15, 0.2) is 46.9 Å². The van der Waals surface area contributed by atoms with E-state index in [1.54, 1.807) is 18.2 Å². The zero-order chi connectivity index (χ0) is 17.7. The Morgan fingerprint density at radius 2 is 1.88 bits per heavy atom. The normalized spacial score (nSPS) is 10.2. The van der Waals surface area contributed by atoms with Gasteiger partial charge in [-0.25, -0.2) is 4.39 Å². The second kappa shape index (κ2) is 7.92. The van der Waals surface area contributed by atoms with E-state index in [0.29, 0.717) is 21.5 Å². The number of benzene rings is 2. The Hall–Kier alpha value is -2.41. The van der Waals surface area contributed by atoms with Crippen molar-refractivity contribution in [1.82, 2.24) is 4.90 Å². The summed E-state index contributed by atoms with van der Waals surface area (Å²) in [4.78, 5) is 25.8. The molecule has 0 saturated heterocycles. The van der Waals surface area contributed by atoms with E-state index in [-0.39, 0.29) is 24.2 Å². The summed E-state index contributed by atoms with van der Waals surface area (Å²) in [5.74, 6) is -0.541. The summed E-state index contributed by atoms with van der Waals surface area (Å²) in [6.45, 7) is -0.139. The number of nitrogens with zero attached hydrogens (tertiary/aromatic N) is 1. The molecule has 0 radical (unpaired) electrons. The minimum Gasteiger partial charge on any atom is -0.497 e. The largest absolute Gasteiger partial charge is 0.497 e. The first-order valence-electron chi connectivity index (χ1n) is 7.05. The standard InChI is InChI=1S/C17H16BrFN2O3/c1-21(10-16(22)20-12-5-3-11(19)4-6-12)17(23)14-9-13(24-2)7-8-15(14)18/h3-9H,10H2,1-2H3,(H,20,22). The van der Waals surface area contributed by atoms with Gasteiger partial charge < -0.3 is 15.0 Å². The molecule has 0 bridgehead atoms. The summed E-state index contributed by atoms with van der Waals surface area (Å²) in [5, 5.41) is 2.61. The van der Waals surface area contributed by atoms with Crippen LogP contribution in [-0.2, 0) is 4.79 Å². The van der Waals surface area contributed by atoms with E-state index in [1.807, 2.05) is 0 Å². The van der Waals surface area contributed by atoms with Crippen LogP contribution >= 0.6 is 15.9 Å². The van der Waals surface area contributed by atoms with E-state index in [0.717, 1.165) is 0 Å². The van der Waals surface area contributed by atoms with Crippen LogP contribution in [0.2, 0.25) is 0 Å². The lowest BCUT2D eigenvalue weighted by atomic mass is 10.2. The van der Waals surface area contributed by atoms with Crippen LogP contribution in [0.1, 0.15) is 10.4 Å². The molecule has 0 atom stereocenters. The second-order valence-corrected chi connectivity index (χ2v) is 5.92. The number of likely N-dealkylation sites (N-methyl/N-ethyl adjacent to an activating group) is 1. The molecule has 0 aliphatic carbocycles. The molecule has 0 fully saturated rings. The summed E-state index contributed by atoms with van der Waals surface area (Å²) in [5.41, 5.74) is 0.858. The average Bonchev–Trinajstić information content (AvgIpc) is 2.56. The van der Waals surface area contributed by atoms with Crippen molar-refractivity contribution in [3.8, 4) is 5.75 Å². The van der Waals surface area contributed by atoms with E-state index in [9.17, 15) is 14.0 Å². The third kappa shape index (κ3) is 4.55. The molecule has 2 aromatic carbocycles. The SMILES string of the molecule is COc1ccc(Br)c(C(=O)N(C)CC(=O)Nc2ccc(F)cc2)c1. The van der Waals surface area contributed by atoms with Gasteiger partial charge in [0.25, 0.3) is 5.91 Å². The van der Waals surface area contributed by atoms with E-state index in [4.69, 9.17) is 4.74 Å². The number of carbonyl (C=O) groups is 2. The molecule has 0 aliphatic heterocycles. The number of carbonyl (C=O) groups excluding carboxylic acids is 2. The Bertz CT molecular complexity index is 750. The molecule has 2 rings (SSSR count). The third-order valence-electron chi connectivity index (χ3n) is 3.26. The monoisotopic (exact) mass is 394 g/mol. The number of nitrogens with one attached hydrogen (secondary N) is 1. The summed E-state index contributed by atoms with van der Waals surface area (Å²) in [6.07, 6.45) is 0. The predicted octanol–water partition coefficient (Wildman–Crippen LogP) is 3.31. The first-order chi connectivity index (χ1) is 11.4. The number of rotatable bonds is 5. The van der Waals surface area contributed by atoms with Crippen molar-refractivity contribution in [1.29, 1.82) is 0 Å². The predicted molar refractivity (Wildman–Crippen MR) is 92.7 cm³/mol. The molecule has 2 amide bonds. The summed E-state index contributed by atoms with van der Waals surface area (Å²) in [6, 6.07) is 10.4. The molecular weight excluding hydrogens is 379 g/mol. The maximum absolute atomic E-state index is 12.8. The highest BCUT2D eigenvalue weighted by Crippen LogP contribution is 2.23. The quantitative estimate of drug-likeness (QED) is 0.845. The third-order valence-corrected chi connectivity index (χ3v) is 3.95. The number of amides is 2. The van der Waals surface area contributed by atoms with Crippen molar-refractivity contribution in [3.63, 3.8) is 0 Å². The van der Waals surface area contributed by atoms with Gasteiger partial charge in [0, 0.05) is 17.2 Å². The molecule has 0 spiro atoms. The highest BCUT2D eigenvalue weighted by molar-refractivity contribution is 9.10. The molecular formula is C17H16BrFN2O3. The van der Waals surface area contributed by atoms with Gasteiger partial charge in [-0.1, -0.05) is 0 Å². The Morgan fingerprint density at radius 3 is 2.50 bits per heavy atom. The van der Waals surface area contributed by atoms with Gasteiger partial charge in [0.05, 0.1) is 19.2 Å². The zero-order valence-corrected chi connectivity index (χ0v) is 14.8. The van der Waals surface area contributed by atoms with Crippen LogP contribution in [0, 0.1) is 5.82 Å². The lowest BCUT2D eigenvalue weighted by Crippen LogP contribution is -2.35. The number of ether oxygens (including phenoxy) is 1. The first kappa shape index (κ1) is 17.9. The second-order valence-electron chi connectivity index (χ2n) is 5.06. The number of hydrogen-bond acceptors (Lipinski definition) is 3. The fourth-order valence-electron chi connectivity index (χ4n) is 2.02. The van der Waals surface area contributed by atoms with Crippen LogP contribution in [0.3, 0.4) is 0 Å². The lowest BCUT2D eigenvalue weighted by Gasteiger charge is -2.18. The van der Waals surface area contributed by atoms with E-state index < -0.39 is 0 Å². The Labute approximate surface area is 147 Å². The van der Waals surface area contributed by atoms with Gasteiger partial charge in [-0.3, -0.25) is 9.59 Å². The highest BCUT2D eigenvalue weighted by Gasteiger charge is 2.18. The molecule has 0 aliphatic rings. The Morgan fingerprint density at radius 1 is 1.21 bits per heavy atom. The zero-order valence-electron chi connectivity index (χ0n) is 13.2. The Balaban J connectivity index is 2.03. The number of anilines is 1. The van der Waals surface area contributed by atoms with Crippen LogP contribution in [0.4, 0.5) is 10.1 Å². The summed E-state index contributed by atoms with van der Waals surface area (Å²) in [7, 11) is 3.04. The molecule has 0 saturated carbocycles. The molecule has 2 aromatic rings. The van der Waals surface area contributed by atoms with Gasteiger partial charge in [0.1, 0.15) is 11.6 Å². The molecule has 24 heavy (non-hydrogen) atoms. The number of methoxy groups -OCH3 is 1. The van der Waals surface area contributed by atoms with Crippen molar-refractivity contribution < 1.29 is 18.7 Å². The molecule has 5 nitrogen and oxygen atoms in total. The molecule has 0 unspecified atom stereocenters. The summed E-state index contributed by atoms with van der Waals surface area (Å²) >= 11 is 3.32. The average molecular weight is 395 g/mol. The molecule has 1 N–H and O–H groups in total. The molecule has 7 heteroatoms. The van der Waals surface area contributed by atoms with Gasteiger partial charge in [-0.2, -0.15) is 0 Å². The van der Waals surface area contributed by atoms with Crippen LogP contribution in [0.25, 0.3) is 0 Å². The van der Waals surface area contributed by atoms with Crippen LogP contribution in [0.5, 0.6) is 5.75 Å². The Kier molecular flexibility index (Phi) is 5.92. The van der Waals surface area contributed by atoms with Crippen molar-refractivity contribution in [2.24, 2.45) is 0 Å². The molecule has 0 heterocycles. The smallest absolute Gasteiger partial charge is 0.255 e. The minimum absolute atomic E-state index is 0.139. The van der Waals surface area contributed by atoms with Crippen molar-refractivity contribution >= 4 is 33.4 Å². The molecule has 126 valence electrons. The highest BCUT2D eigenvalue weighted by atomic mass is 79.9. The topological polar surface area (TPSA) is 58.6 Å². The van der Waals surface area contributed by atoms with E-state index >= 15 is 0 Å². The van der Waals surface area contributed by atoms with Crippen molar-refractivity contribution in [2.45, 2.75) is 0 Å². The van der Waals surface area contributed by atoms with Gasteiger partial charge in [-0.05, 0) is 58.4 Å². The fourth-order valence-corrected chi connectivity index (χ4v) is 2.44. The first-order valence-corrected chi connectivity index (χ1v) is 7.84. The fraction of sp³-hybridized carbons (Fsp3) is 0.176. The van der Waals surface area contributed by atoms with E-state index in [1.165, 1.54) is 43.3 Å². The number of halogens is 2.